The summed E-state index contributed by atoms with van der Waals surface area (Å²) in [4.78, 5) is 12.3. The molecule has 2 rings (SSSR count). The number of nitrogens with zero attached hydrogens (tertiary/aromatic N) is 4. The van der Waals surface area contributed by atoms with Crippen molar-refractivity contribution in [2.24, 2.45) is 0 Å². The average molecular weight is 562 g/mol. The molecule has 0 radical (unpaired) electrons. The van der Waals surface area contributed by atoms with Gasteiger partial charge in [-0.1, -0.05) is 12.0 Å². The summed E-state index contributed by atoms with van der Waals surface area (Å²) < 4.78 is 4.32. The Morgan fingerprint density at radius 2 is 2.20 bits per heavy atom. The van der Waals surface area contributed by atoms with Crippen molar-refractivity contribution in [3.05, 3.63) is 29.3 Å². The molecule has 0 unspecified atom stereocenters. The van der Waals surface area contributed by atoms with E-state index in [9.17, 15) is 4.79 Å². The molecule has 106 valence electrons. The predicted molar refractivity (Wildman–Crippen MR) is 95.6 cm³/mol. The molecule has 0 atom stereocenters. The van der Waals surface area contributed by atoms with Crippen LogP contribution in [0.5, 0.6) is 0 Å². The largest absolute Gasteiger partial charge is 0.289 e. The van der Waals surface area contributed by atoms with Gasteiger partial charge in [-0.15, -0.1) is 0 Å². The molecule has 2 aromatic rings. The lowest BCUT2D eigenvalue weighted by molar-refractivity contribution is 0.102. The normalized spacial score (nSPS) is 10.6. The van der Waals surface area contributed by atoms with Gasteiger partial charge in [0.05, 0.1) is 5.56 Å². The molecule has 0 bridgehead atoms. The molecule has 6 nitrogen and oxygen atoms in total. The Hall–Kier alpha value is -0.300. The summed E-state index contributed by atoms with van der Waals surface area (Å²) in [5.41, 5.74) is 0.562. The summed E-state index contributed by atoms with van der Waals surface area (Å²) in [6.07, 6.45) is 0.888. The monoisotopic (exact) mass is 561 g/mol. The highest BCUT2D eigenvalue weighted by molar-refractivity contribution is 14.1. The Labute approximate surface area is 151 Å². The van der Waals surface area contributed by atoms with Gasteiger partial charge >= 0.3 is 0 Å². The summed E-state index contributed by atoms with van der Waals surface area (Å²) in [5.74, 6) is 0.123. The van der Waals surface area contributed by atoms with Crippen molar-refractivity contribution in [3.63, 3.8) is 0 Å². The molecule has 1 aromatic carbocycles. The third-order valence-electron chi connectivity index (χ3n) is 2.43. The van der Waals surface area contributed by atoms with E-state index in [-0.39, 0.29) is 5.91 Å². The maximum absolute atomic E-state index is 12.3. The molecule has 9 heteroatoms. The van der Waals surface area contributed by atoms with Gasteiger partial charge in [0, 0.05) is 18.2 Å². The maximum atomic E-state index is 12.3. The summed E-state index contributed by atoms with van der Waals surface area (Å²) in [6, 6.07) is 3.80. The molecule has 0 fully saturated rings. The number of hydrogen-bond acceptors (Lipinski definition) is 4. The number of rotatable bonds is 4. The molecule has 0 aliphatic rings. The lowest BCUT2D eigenvalue weighted by Crippen LogP contribution is -2.17. The summed E-state index contributed by atoms with van der Waals surface area (Å²) in [5, 5.41) is 14.0. The fourth-order valence-electron chi connectivity index (χ4n) is 1.55. The molecule has 1 aromatic heterocycles. The van der Waals surface area contributed by atoms with E-state index in [0.29, 0.717) is 18.1 Å². The lowest BCUT2D eigenvalue weighted by atomic mass is 10.2. The number of hydrogen-bond donors (Lipinski definition) is 1. The number of aryl methyl sites for hydroxylation is 1. The molecule has 1 heterocycles. The zero-order valence-electron chi connectivity index (χ0n) is 10.4. The van der Waals surface area contributed by atoms with Gasteiger partial charge < -0.3 is 0 Å². The van der Waals surface area contributed by atoms with Crippen molar-refractivity contribution in [1.82, 2.24) is 20.2 Å². The van der Waals surface area contributed by atoms with Crippen LogP contribution in [-0.4, -0.2) is 26.1 Å². The predicted octanol–water partition coefficient (Wildman–Crippen LogP) is 3.31. The van der Waals surface area contributed by atoms with Crippen LogP contribution in [0.4, 0.5) is 5.95 Å². The maximum Gasteiger partial charge on any atom is 0.259 e. The minimum Gasteiger partial charge on any atom is -0.289 e. The van der Waals surface area contributed by atoms with Gasteiger partial charge in [-0.2, -0.15) is 0 Å². The third-order valence-corrected chi connectivity index (χ3v) is 5.50. The summed E-state index contributed by atoms with van der Waals surface area (Å²) in [7, 11) is 0. The van der Waals surface area contributed by atoms with Crippen molar-refractivity contribution in [2.75, 3.05) is 5.32 Å². The Bertz CT molecular complexity index is 646. The van der Waals surface area contributed by atoms with Gasteiger partial charge in [0.1, 0.15) is 0 Å². The first-order valence-electron chi connectivity index (χ1n) is 5.75. The highest BCUT2D eigenvalue weighted by Gasteiger charge is 2.16. The SMILES string of the molecule is CCCn1nnnc1NC(=O)c1cc(I)cc(I)c1Br. The summed E-state index contributed by atoms with van der Waals surface area (Å²) >= 11 is 7.80. The minimum atomic E-state index is -0.236. The van der Waals surface area contributed by atoms with E-state index in [1.54, 1.807) is 4.68 Å². The van der Waals surface area contributed by atoms with Crippen molar-refractivity contribution in [2.45, 2.75) is 19.9 Å². The van der Waals surface area contributed by atoms with E-state index in [0.717, 1.165) is 18.0 Å². The number of aromatic nitrogens is 4. The molecule has 1 N–H and O–H groups in total. The quantitative estimate of drug-likeness (QED) is 0.459. The number of anilines is 1. The van der Waals surface area contributed by atoms with Crippen LogP contribution in [0, 0.1) is 7.14 Å². The van der Waals surface area contributed by atoms with E-state index in [1.165, 1.54) is 0 Å². The van der Waals surface area contributed by atoms with Crippen LogP contribution in [-0.2, 0) is 6.54 Å². The van der Waals surface area contributed by atoms with Crippen LogP contribution in [0.25, 0.3) is 0 Å². The van der Waals surface area contributed by atoms with Crippen LogP contribution in [0.2, 0.25) is 0 Å². The van der Waals surface area contributed by atoms with Crippen molar-refractivity contribution >= 4 is 73.0 Å². The molecule has 0 saturated heterocycles. The number of carbonyl (C=O) groups is 1. The lowest BCUT2D eigenvalue weighted by Gasteiger charge is -2.08. The fourth-order valence-corrected chi connectivity index (χ4v) is 3.80. The van der Waals surface area contributed by atoms with Gasteiger partial charge in [-0.25, -0.2) is 4.68 Å². The number of tetrazole rings is 1. The highest BCUT2D eigenvalue weighted by Crippen LogP contribution is 2.26. The average Bonchev–Trinajstić information content (AvgIpc) is 2.81. The van der Waals surface area contributed by atoms with Crippen LogP contribution in [0.15, 0.2) is 16.6 Å². The van der Waals surface area contributed by atoms with Crippen molar-refractivity contribution < 1.29 is 4.79 Å². The molecular formula is C11H10BrI2N5O. The first-order chi connectivity index (χ1) is 9.52. The van der Waals surface area contributed by atoms with E-state index in [1.807, 2.05) is 19.1 Å². The van der Waals surface area contributed by atoms with Gasteiger partial charge in [-0.05, 0) is 90.1 Å². The van der Waals surface area contributed by atoms with Crippen LogP contribution < -0.4 is 5.32 Å². The second kappa shape index (κ2) is 7.11. The van der Waals surface area contributed by atoms with E-state index < -0.39 is 0 Å². The number of carbonyl (C=O) groups excluding carboxylic acids is 1. The molecule has 1 amide bonds. The smallest absolute Gasteiger partial charge is 0.259 e. The Morgan fingerprint density at radius 3 is 2.90 bits per heavy atom. The molecule has 0 aliphatic heterocycles. The first-order valence-corrected chi connectivity index (χ1v) is 8.70. The van der Waals surface area contributed by atoms with Gasteiger partial charge in [0.2, 0.25) is 5.95 Å². The highest BCUT2D eigenvalue weighted by atomic mass is 127. The first kappa shape index (κ1) is 16.1. The second-order valence-corrected chi connectivity index (χ2v) is 7.13. The second-order valence-electron chi connectivity index (χ2n) is 3.93. The van der Waals surface area contributed by atoms with Crippen LogP contribution >= 0.6 is 61.1 Å². The third kappa shape index (κ3) is 3.67. The van der Waals surface area contributed by atoms with Gasteiger partial charge in [0.25, 0.3) is 5.91 Å². The van der Waals surface area contributed by atoms with E-state index >= 15 is 0 Å². The molecule has 20 heavy (non-hydrogen) atoms. The standard InChI is InChI=1S/C11H10BrI2N5O/c1-2-3-19-11(16-17-18-19)15-10(20)7-4-6(13)5-8(14)9(7)12/h4-5H,2-3H2,1H3,(H,15,16,18,20). The topological polar surface area (TPSA) is 72.7 Å². The van der Waals surface area contributed by atoms with Crippen LogP contribution in [0.3, 0.4) is 0 Å². The number of amides is 1. The van der Waals surface area contributed by atoms with Gasteiger partial charge in [-0.3, -0.25) is 10.1 Å². The number of halogens is 3. The molecule has 0 spiro atoms. The van der Waals surface area contributed by atoms with Crippen molar-refractivity contribution in [1.29, 1.82) is 0 Å². The Balaban J connectivity index is 2.26. The van der Waals surface area contributed by atoms with Crippen molar-refractivity contribution in [3.8, 4) is 0 Å². The minimum absolute atomic E-state index is 0.236. The van der Waals surface area contributed by atoms with Crippen LogP contribution in [0.1, 0.15) is 23.7 Å². The molecule has 0 aliphatic carbocycles. The zero-order chi connectivity index (χ0) is 14.7. The Kier molecular flexibility index (Phi) is 5.72. The Morgan fingerprint density at radius 1 is 1.45 bits per heavy atom. The molecule has 0 saturated carbocycles. The fraction of sp³-hybridized carbons (Fsp3) is 0.273. The van der Waals surface area contributed by atoms with E-state index in [2.05, 4.69) is 82.0 Å². The number of nitrogens with one attached hydrogen (secondary N) is 1. The summed E-state index contributed by atoms with van der Waals surface area (Å²) in [6.45, 7) is 2.68. The molecular weight excluding hydrogens is 552 g/mol. The van der Waals surface area contributed by atoms with E-state index in [4.69, 9.17) is 0 Å². The number of benzene rings is 1. The van der Waals surface area contributed by atoms with Gasteiger partial charge in [0.15, 0.2) is 0 Å². The zero-order valence-corrected chi connectivity index (χ0v) is 16.3.